The van der Waals surface area contributed by atoms with Crippen LogP contribution in [0.15, 0.2) is 18.2 Å². The van der Waals surface area contributed by atoms with Crippen LogP contribution in [0, 0.1) is 0 Å². The van der Waals surface area contributed by atoms with Crippen molar-refractivity contribution in [2.75, 3.05) is 11.9 Å². The molecule has 0 atom stereocenters. The highest BCUT2D eigenvalue weighted by molar-refractivity contribution is 6.31. The Morgan fingerprint density at radius 2 is 1.89 bits per heavy atom. The molecule has 8 heteroatoms. The van der Waals surface area contributed by atoms with Gasteiger partial charge in [-0.1, -0.05) is 11.6 Å². The van der Waals surface area contributed by atoms with E-state index in [1.165, 1.54) is 6.07 Å². The molecule has 1 N–H and O–H groups in total. The first-order valence-electron chi connectivity index (χ1n) is 4.52. The Morgan fingerprint density at radius 1 is 1.33 bits per heavy atom. The molecule has 0 heterocycles. The van der Waals surface area contributed by atoms with Crippen LogP contribution in [0.4, 0.5) is 18.9 Å². The zero-order valence-corrected chi connectivity index (χ0v) is 9.71. The molecule has 18 heavy (non-hydrogen) atoms. The molecule has 1 rings (SSSR count). The Morgan fingerprint density at radius 3 is 2.33 bits per heavy atom. The summed E-state index contributed by atoms with van der Waals surface area (Å²) in [6.07, 6.45) is -5.09. The SMILES string of the molecule is CN(C(=O)C(F)(F)F)c1cc(Cl)ccc1C(=O)O. The zero-order valence-electron chi connectivity index (χ0n) is 8.95. The second kappa shape index (κ2) is 4.85. The number of alkyl halides is 3. The maximum Gasteiger partial charge on any atom is 0.471 e. The Bertz CT molecular complexity index is 502. The van der Waals surface area contributed by atoms with E-state index in [-0.39, 0.29) is 9.92 Å². The van der Waals surface area contributed by atoms with Gasteiger partial charge in [0.05, 0.1) is 11.3 Å². The summed E-state index contributed by atoms with van der Waals surface area (Å²) >= 11 is 5.57. The van der Waals surface area contributed by atoms with Gasteiger partial charge >= 0.3 is 18.1 Å². The monoisotopic (exact) mass is 281 g/mol. The average Bonchev–Trinajstić information content (AvgIpc) is 2.25. The van der Waals surface area contributed by atoms with E-state index in [9.17, 15) is 22.8 Å². The number of nitrogens with zero attached hydrogens (tertiary/aromatic N) is 1. The summed E-state index contributed by atoms with van der Waals surface area (Å²) in [4.78, 5) is 22.1. The first-order valence-corrected chi connectivity index (χ1v) is 4.90. The van der Waals surface area contributed by atoms with E-state index in [4.69, 9.17) is 16.7 Å². The van der Waals surface area contributed by atoms with Crippen molar-refractivity contribution in [3.63, 3.8) is 0 Å². The highest BCUT2D eigenvalue weighted by Gasteiger charge is 2.42. The molecule has 0 aliphatic carbocycles. The smallest absolute Gasteiger partial charge is 0.471 e. The van der Waals surface area contributed by atoms with E-state index in [2.05, 4.69) is 0 Å². The van der Waals surface area contributed by atoms with Crippen LogP contribution in [-0.4, -0.2) is 30.2 Å². The lowest BCUT2D eigenvalue weighted by Gasteiger charge is -2.20. The topological polar surface area (TPSA) is 57.6 Å². The average molecular weight is 282 g/mol. The van der Waals surface area contributed by atoms with E-state index in [0.717, 1.165) is 19.2 Å². The van der Waals surface area contributed by atoms with Gasteiger partial charge in [0.25, 0.3) is 0 Å². The highest BCUT2D eigenvalue weighted by Crippen LogP contribution is 2.28. The van der Waals surface area contributed by atoms with Gasteiger partial charge in [0.1, 0.15) is 0 Å². The number of anilines is 1. The van der Waals surface area contributed by atoms with Gasteiger partial charge in [-0.2, -0.15) is 13.2 Å². The second-order valence-corrected chi connectivity index (χ2v) is 3.76. The van der Waals surface area contributed by atoms with Crippen molar-refractivity contribution < 1.29 is 27.9 Å². The number of benzene rings is 1. The molecule has 0 unspecified atom stereocenters. The first-order chi connectivity index (χ1) is 8.14. The van der Waals surface area contributed by atoms with E-state index in [1.54, 1.807) is 0 Å². The van der Waals surface area contributed by atoms with Crippen molar-refractivity contribution in [1.29, 1.82) is 0 Å². The third-order valence-corrected chi connectivity index (χ3v) is 2.33. The van der Waals surface area contributed by atoms with Crippen LogP contribution >= 0.6 is 11.6 Å². The molecule has 0 bridgehead atoms. The minimum absolute atomic E-state index is 0.0248. The third kappa shape index (κ3) is 2.92. The largest absolute Gasteiger partial charge is 0.478 e. The molecule has 1 amide bonds. The number of hydrogen-bond acceptors (Lipinski definition) is 2. The van der Waals surface area contributed by atoms with Crippen LogP contribution in [0.25, 0.3) is 0 Å². The minimum Gasteiger partial charge on any atom is -0.478 e. The van der Waals surface area contributed by atoms with Gasteiger partial charge in [0, 0.05) is 12.1 Å². The van der Waals surface area contributed by atoms with Crippen LogP contribution in [0.3, 0.4) is 0 Å². The van der Waals surface area contributed by atoms with Crippen molar-refractivity contribution in [3.8, 4) is 0 Å². The maximum atomic E-state index is 12.2. The van der Waals surface area contributed by atoms with Gasteiger partial charge in [0.15, 0.2) is 0 Å². The number of carboxylic acids is 1. The number of rotatable bonds is 2. The van der Waals surface area contributed by atoms with Gasteiger partial charge in [-0.3, -0.25) is 4.79 Å². The zero-order chi connectivity index (χ0) is 14.1. The Labute approximate surface area is 105 Å². The number of carbonyl (C=O) groups is 2. The molecule has 1 aromatic carbocycles. The predicted octanol–water partition coefficient (Wildman–Crippen LogP) is 2.56. The summed E-state index contributed by atoms with van der Waals surface area (Å²) in [5.74, 6) is -3.63. The van der Waals surface area contributed by atoms with Crippen molar-refractivity contribution in [1.82, 2.24) is 0 Å². The van der Waals surface area contributed by atoms with Crippen molar-refractivity contribution >= 4 is 29.2 Å². The van der Waals surface area contributed by atoms with E-state index in [0.29, 0.717) is 0 Å². The summed E-state index contributed by atoms with van der Waals surface area (Å²) in [5.41, 5.74) is -0.864. The van der Waals surface area contributed by atoms with Gasteiger partial charge in [-0.25, -0.2) is 4.79 Å². The van der Waals surface area contributed by atoms with Crippen LogP contribution in [0.5, 0.6) is 0 Å². The number of hydrogen-bond donors (Lipinski definition) is 1. The fraction of sp³-hybridized carbons (Fsp3) is 0.200. The molecule has 0 saturated carbocycles. The summed E-state index contributed by atoms with van der Waals surface area (Å²) in [6, 6.07) is 3.22. The van der Waals surface area contributed by atoms with Crippen LogP contribution < -0.4 is 4.90 Å². The minimum atomic E-state index is -5.09. The molecule has 98 valence electrons. The number of amides is 1. The van der Waals surface area contributed by atoms with Gasteiger partial charge in [-0.05, 0) is 18.2 Å². The molecular weight excluding hydrogens is 275 g/mol. The number of carbonyl (C=O) groups excluding carboxylic acids is 1. The van der Waals surface area contributed by atoms with Crippen molar-refractivity contribution in [3.05, 3.63) is 28.8 Å². The quantitative estimate of drug-likeness (QED) is 0.906. The van der Waals surface area contributed by atoms with E-state index < -0.39 is 29.3 Å². The third-order valence-electron chi connectivity index (χ3n) is 2.10. The Balaban J connectivity index is 3.28. The van der Waals surface area contributed by atoms with Crippen molar-refractivity contribution in [2.24, 2.45) is 0 Å². The van der Waals surface area contributed by atoms with Gasteiger partial charge in [0.2, 0.25) is 0 Å². The van der Waals surface area contributed by atoms with E-state index in [1.807, 2.05) is 0 Å². The molecule has 1 aromatic rings. The molecule has 0 fully saturated rings. The Kier molecular flexibility index (Phi) is 3.85. The molecule has 0 aliphatic heterocycles. The lowest BCUT2D eigenvalue weighted by atomic mass is 10.1. The number of carboxylic acid groups (broad SMARTS) is 1. The normalized spacial score (nSPS) is 11.2. The number of aromatic carboxylic acids is 1. The molecule has 4 nitrogen and oxygen atoms in total. The van der Waals surface area contributed by atoms with Crippen molar-refractivity contribution in [2.45, 2.75) is 6.18 Å². The molecule has 0 radical (unpaired) electrons. The number of halogens is 4. The van der Waals surface area contributed by atoms with E-state index >= 15 is 0 Å². The van der Waals surface area contributed by atoms with Crippen LogP contribution in [0.2, 0.25) is 5.02 Å². The summed E-state index contributed by atoms with van der Waals surface area (Å²) < 4.78 is 36.7. The molecule has 0 aliphatic rings. The lowest BCUT2D eigenvalue weighted by Crippen LogP contribution is -2.39. The molecule has 0 aromatic heterocycles. The predicted molar refractivity (Wildman–Crippen MR) is 57.9 cm³/mol. The fourth-order valence-electron chi connectivity index (χ4n) is 1.26. The second-order valence-electron chi connectivity index (χ2n) is 3.33. The molecule has 0 spiro atoms. The molecular formula is C10H7ClF3NO3. The van der Waals surface area contributed by atoms with Crippen LogP contribution in [0.1, 0.15) is 10.4 Å². The summed E-state index contributed by atoms with van der Waals surface area (Å²) in [7, 11) is 0.827. The summed E-state index contributed by atoms with van der Waals surface area (Å²) in [5, 5.41) is 8.85. The fourth-order valence-corrected chi connectivity index (χ4v) is 1.43. The molecule has 0 saturated heterocycles. The lowest BCUT2D eigenvalue weighted by molar-refractivity contribution is -0.170. The van der Waals surface area contributed by atoms with Gasteiger partial charge in [-0.15, -0.1) is 0 Å². The summed E-state index contributed by atoms with van der Waals surface area (Å²) in [6.45, 7) is 0. The van der Waals surface area contributed by atoms with Crippen LogP contribution in [-0.2, 0) is 4.79 Å². The highest BCUT2D eigenvalue weighted by atomic mass is 35.5. The van der Waals surface area contributed by atoms with Gasteiger partial charge < -0.3 is 10.0 Å². The maximum absolute atomic E-state index is 12.2. The first kappa shape index (κ1) is 14.3. The standard InChI is InChI=1S/C10H7ClF3NO3/c1-15(9(18)10(12,13)14)7-4-5(11)2-3-6(7)8(16)17/h2-4H,1H3,(H,16,17). The Hall–Kier alpha value is -1.76.